The molecule has 0 radical (unpaired) electrons. The van der Waals surface area contributed by atoms with Crippen molar-refractivity contribution in [2.75, 3.05) is 0 Å². The maximum absolute atomic E-state index is 5.01. The zero-order valence-corrected chi connectivity index (χ0v) is 22.5. The minimum absolute atomic E-state index is 0.547. The van der Waals surface area contributed by atoms with Gasteiger partial charge >= 0.3 is 0 Å². The van der Waals surface area contributed by atoms with Gasteiger partial charge in [0.2, 0.25) is 5.95 Å². The number of fused-ring (bicyclic) bond motifs is 8. The largest absolute Gasteiger partial charge is 0.305 e. The van der Waals surface area contributed by atoms with E-state index in [1.807, 2.05) is 24.7 Å². The van der Waals surface area contributed by atoms with Gasteiger partial charge in [0.25, 0.3) is 0 Å². The summed E-state index contributed by atoms with van der Waals surface area (Å²) < 4.78 is 4.58. The number of allylic oxidation sites excluding steroid dienone is 5. The normalized spacial score (nSPS) is 18.6. The summed E-state index contributed by atoms with van der Waals surface area (Å²) in [6.07, 6.45) is 22.4. The van der Waals surface area contributed by atoms with Crippen molar-refractivity contribution >= 4 is 27.9 Å². The van der Waals surface area contributed by atoms with Crippen LogP contribution in [0.5, 0.6) is 0 Å². The number of hydrogen-bond acceptors (Lipinski definition) is 3. The summed E-state index contributed by atoms with van der Waals surface area (Å²) in [7, 11) is 0. The van der Waals surface area contributed by atoms with Gasteiger partial charge in [-0.1, -0.05) is 78.9 Å². The van der Waals surface area contributed by atoms with Crippen LogP contribution in [0.15, 0.2) is 110 Å². The maximum Gasteiger partial charge on any atom is 0.234 e. The minimum atomic E-state index is 0.547. The van der Waals surface area contributed by atoms with Crippen LogP contribution in [0.3, 0.4) is 0 Å². The molecule has 3 aliphatic rings. The summed E-state index contributed by atoms with van der Waals surface area (Å²) >= 11 is 0. The fourth-order valence-corrected chi connectivity index (χ4v) is 6.91. The van der Waals surface area contributed by atoms with Gasteiger partial charge in [-0.05, 0) is 54.5 Å². The van der Waals surface area contributed by atoms with Crippen LogP contribution in [0.25, 0.3) is 50.8 Å². The average Bonchev–Trinajstić information content (AvgIpc) is 3.73. The van der Waals surface area contributed by atoms with Crippen molar-refractivity contribution in [3.8, 4) is 22.9 Å². The second kappa shape index (κ2) is 8.73. The Morgan fingerprint density at radius 2 is 1.54 bits per heavy atom. The molecule has 4 aromatic heterocycles. The molecule has 4 heterocycles. The van der Waals surface area contributed by atoms with Gasteiger partial charge in [0.05, 0.1) is 46.7 Å². The van der Waals surface area contributed by atoms with Gasteiger partial charge in [0.15, 0.2) is 0 Å². The van der Waals surface area contributed by atoms with Gasteiger partial charge < -0.3 is 4.57 Å². The molecule has 0 saturated heterocycles. The third kappa shape index (κ3) is 3.45. The number of hydrogen-bond donors (Lipinski definition) is 0. The highest BCUT2D eigenvalue weighted by Gasteiger charge is 2.42. The first kappa shape index (κ1) is 22.8. The van der Waals surface area contributed by atoms with Crippen LogP contribution in [0.2, 0.25) is 0 Å². The Morgan fingerprint density at radius 3 is 2.44 bits per heavy atom. The lowest BCUT2D eigenvalue weighted by atomic mass is 10.1. The first-order chi connectivity index (χ1) is 20.3. The Labute approximate surface area is 237 Å². The van der Waals surface area contributed by atoms with E-state index in [4.69, 9.17) is 15.0 Å². The number of para-hydroxylation sites is 1. The number of rotatable bonds is 3. The zero-order chi connectivity index (χ0) is 26.9. The van der Waals surface area contributed by atoms with E-state index in [1.165, 1.54) is 39.5 Å². The molecule has 1 saturated carbocycles. The molecule has 41 heavy (non-hydrogen) atoms. The van der Waals surface area contributed by atoms with E-state index in [-0.39, 0.29) is 0 Å². The zero-order valence-electron chi connectivity index (χ0n) is 22.5. The molecule has 3 aliphatic carbocycles. The summed E-state index contributed by atoms with van der Waals surface area (Å²) in [6, 6.07) is 21.3. The Morgan fingerprint density at radius 1 is 0.707 bits per heavy atom. The predicted molar refractivity (Wildman–Crippen MR) is 164 cm³/mol. The molecule has 6 aromatic rings. The van der Waals surface area contributed by atoms with E-state index in [1.54, 1.807) is 0 Å². The fourth-order valence-electron chi connectivity index (χ4n) is 6.91. The summed E-state index contributed by atoms with van der Waals surface area (Å²) in [4.78, 5) is 14.9. The third-order valence-corrected chi connectivity index (χ3v) is 8.89. The molecular formula is C36H27N5. The Kier molecular flexibility index (Phi) is 4.85. The molecule has 196 valence electrons. The molecule has 0 bridgehead atoms. The van der Waals surface area contributed by atoms with E-state index < -0.39 is 0 Å². The Hall–Kier alpha value is -5.03. The SMILES string of the molecule is C1=CCc2c(n(-c3cnc(-n4c5c(c6ccccc64)CC=CC4CC54)nc3)c3cnc(-c4ccccc4)cc23)C=C1. The van der Waals surface area contributed by atoms with Crippen molar-refractivity contribution in [2.45, 2.75) is 25.2 Å². The van der Waals surface area contributed by atoms with Gasteiger partial charge in [-0.25, -0.2) is 9.97 Å². The van der Waals surface area contributed by atoms with Crippen LogP contribution < -0.4 is 0 Å². The molecule has 0 amide bonds. The molecule has 1 fully saturated rings. The van der Waals surface area contributed by atoms with E-state index in [9.17, 15) is 0 Å². The molecule has 2 atom stereocenters. The van der Waals surface area contributed by atoms with E-state index in [2.05, 4.69) is 100 Å². The molecule has 0 aliphatic heterocycles. The van der Waals surface area contributed by atoms with E-state index in [0.717, 1.165) is 46.9 Å². The molecule has 9 rings (SSSR count). The average molecular weight is 530 g/mol. The van der Waals surface area contributed by atoms with Crippen molar-refractivity contribution in [1.82, 2.24) is 24.1 Å². The first-order valence-corrected chi connectivity index (χ1v) is 14.4. The number of aromatic nitrogens is 5. The quantitative estimate of drug-likeness (QED) is 0.220. The highest BCUT2D eigenvalue weighted by Crippen LogP contribution is 2.53. The molecule has 2 unspecified atom stereocenters. The summed E-state index contributed by atoms with van der Waals surface area (Å²) in [5, 5.41) is 2.52. The summed E-state index contributed by atoms with van der Waals surface area (Å²) in [6.45, 7) is 0. The molecule has 0 spiro atoms. The van der Waals surface area contributed by atoms with Crippen molar-refractivity contribution in [1.29, 1.82) is 0 Å². The standard InChI is InChI=1S/C36H27N5/c1-3-10-23(11-4-1)31-19-30-27-13-5-2-6-16-32(27)40(34(30)22-37-31)25-20-38-36(39-21-25)41-33-17-8-7-14-26(33)28-15-9-12-24-18-29(24)35(28)41/h1-12,14,16-17,19-22,24,29H,13,15,18H2. The van der Waals surface area contributed by atoms with Crippen molar-refractivity contribution in [2.24, 2.45) is 5.92 Å². The summed E-state index contributed by atoms with van der Waals surface area (Å²) in [5.41, 5.74) is 10.6. The van der Waals surface area contributed by atoms with Crippen LogP contribution in [0.4, 0.5) is 0 Å². The molecule has 2 aromatic carbocycles. The second-order valence-corrected chi connectivity index (χ2v) is 11.2. The predicted octanol–water partition coefficient (Wildman–Crippen LogP) is 7.77. The molecular weight excluding hydrogens is 502 g/mol. The third-order valence-electron chi connectivity index (χ3n) is 8.89. The van der Waals surface area contributed by atoms with Gasteiger partial charge in [-0.3, -0.25) is 9.55 Å². The number of pyridine rings is 1. The number of benzene rings is 2. The van der Waals surface area contributed by atoms with Crippen molar-refractivity contribution in [3.63, 3.8) is 0 Å². The maximum atomic E-state index is 5.01. The van der Waals surface area contributed by atoms with E-state index in [0.29, 0.717) is 11.8 Å². The first-order valence-electron chi connectivity index (χ1n) is 14.4. The van der Waals surface area contributed by atoms with Crippen LogP contribution in [-0.4, -0.2) is 24.1 Å². The van der Waals surface area contributed by atoms with Gasteiger partial charge in [-0.2, -0.15) is 0 Å². The lowest BCUT2D eigenvalue weighted by molar-refractivity contribution is 0.847. The molecule has 5 heteroatoms. The molecule has 5 nitrogen and oxygen atoms in total. The molecule has 0 N–H and O–H groups in total. The highest BCUT2D eigenvalue weighted by molar-refractivity contribution is 5.92. The van der Waals surface area contributed by atoms with Crippen molar-refractivity contribution in [3.05, 3.63) is 132 Å². The van der Waals surface area contributed by atoms with Crippen LogP contribution >= 0.6 is 0 Å². The Bertz CT molecular complexity index is 2070. The van der Waals surface area contributed by atoms with Gasteiger partial charge in [0.1, 0.15) is 0 Å². The lowest BCUT2D eigenvalue weighted by Gasteiger charge is -2.12. The van der Waals surface area contributed by atoms with Crippen LogP contribution in [0.1, 0.15) is 34.9 Å². The lowest BCUT2D eigenvalue weighted by Crippen LogP contribution is -2.07. The second-order valence-electron chi connectivity index (χ2n) is 11.2. The number of nitrogens with zero attached hydrogens (tertiary/aromatic N) is 5. The Balaban J connectivity index is 1.21. The topological polar surface area (TPSA) is 48.5 Å². The smallest absolute Gasteiger partial charge is 0.234 e. The highest BCUT2D eigenvalue weighted by atomic mass is 15.2. The van der Waals surface area contributed by atoms with Crippen LogP contribution in [-0.2, 0) is 12.8 Å². The minimum Gasteiger partial charge on any atom is -0.305 e. The van der Waals surface area contributed by atoms with Crippen molar-refractivity contribution < 1.29 is 0 Å². The van der Waals surface area contributed by atoms with E-state index >= 15 is 0 Å². The summed E-state index contributed by atoms with van der Waals surface area (Å²) in [5.74, 6) is 1.92. The van der Waals surface area contributed by atoms with Crippen LogP contribution in [0, 0.1) is 5.92 Å². The van der Waals surface area contributed by atoms with Gasteiger partial charge in [-0.15, -0.1) is 0 Å². The monoisotopic (exact) mass is 529 g/mol. The van der Waals surface area contributed by atoms with Gasteiger partial charge in [0, 0.05) is 27.9 Å². The fraction of sp³-hybridized carbons (Fsp3) is 0.139.